The van der Waals surface area contributed by atoms with Crippen molar-refractivity contribution in [1.82, 2.24) is 0 Å². The number of ether oxygens (including phenoxy) is 1. The molecule has 0 saturated heterocycles. The van der Waals surface area contributed by atoms with E-state index in [9.17, 15) is 13.2 Å². The Kier molecular flexibility index (Phi) is 4.72. The Morgan fingerprint density at radius 1 is 1.33 bits per heavy atom. The van der Waals surface area contributed by atoms with E-state index in [0.717, 1.165) is 0 Å². The van der Waals surface area contributed by atoms with Gasteiger partial charge in [0.25, 0.3) is 9.05 Å². The quantitative estimate of drug-likeness (QED) is 0.859. The Hall–Kier alpha value is -1.11. The van der Waals surface area contributed by atoms with Crippen molar-refractivity contribution in [2.24, 2.45) is 0 Å². The second kappa shape index (κ2) is 5.69. The zero-order chi connectivity index (χ0) is 13.9. The molecule has 0 saturated carbocycles. The number of anilines is 1. The predicted molar refractivity (Wildman–Crippen MR) is 69.5 cm³/mol. The van der Waals surface area contributed by atoms with Gasteiger partial charge in [-0.25, -0.2) is 8.42 Å². The van der Waals surface area contributed by atoms with Crippen molar-refractivity contribution in [3.05, 3.63) is 23.3 Å². The highest BCUT2D eigenvalue weighted by Gasteiger charge is 2.15. The molecular weight excluding hydrogens is 278 g/mol. The first-order valence-electron chi connectivity index (χ1n) is 5.10. The molecule has 0 aromatic heterocycles. The fourth-order valence-electron chi connectivity index (χ4n) is 1.57. The van der Waals surface area contributed by atoms with E-state index < -0.39 is 9.05 Å². The number of hydrogen-bond donors (Lipinski definition) is 1. The van der Waals surface area contributed by atoms with Crippen LogP contribution in [0.2, 0.25) is 0 Å². The number of aryl methyl sites for hydroxylation is 2. The molecule has 1 N–H and O–H groups in total. The summed E-state index contributed by atoms with van der Waals surface area (Å²) >= 11 is 0. The molecule has 0 atom stereocenters. The van der Waals surface area contributed by atoms with Crippen molar-refractivity contribution in [2.75, 3.05) is 19.0 Å². The molecule has 7 heteroatoms. The van der Waals surface area contributed by atoms with Gasteiger partial charge in [-0.15, -0.1) is 0 Å². The molecule has 0 aliphatic rings. The summed E-state index contributed by atoms with van der Waals surface area (Å²) in [6.45, 7) is 3.33. The van der Waals surface area contributed by atoms with Gasteiger partial charge in [0.15, 0.2) is 0 Å². The van der Waals surface area contributed by atoms with Crippen LogP contribution in [0.4, 0.5) is 5.69 Å². The van der Waals surface area contributed by atoms with Crippen LogP contribution in [0.25, 0.3) is 0 Å². The second-order valence-electron chi connectivity index (χ2n) is 3.85. The molecule has 0 heterocycles. The molecule has 0 fully saturated rings. The summed E-state index contributed by atoms with van der Waals surface area (Å²) < 4.78 is 27.2. The molecule has 100 valence electrons. The van der Waals surface area contributed by atoms with Crippen LogP contribution in [0.5, 0.6) is 0 Å². The Morgan fingerprint density at radius 2 is 1.83 bits per heavy atom. The maximum Gasteiger partial charge on any atom is 0.261 e. The molecule has 1 rings (SSSR count). The molecule has 0 aliphatic heterocycles. The van der Waals surface area contributed by atoms with Gasteiger partial charge in [-0.2, -0.15) is 0 Å². The highest BCUT2D eigenvalue weighted by Crippen LogP contribution is 2.26. The molecule has 18 heavy (non-hydrogen) atoms. The Bertz CT molecular complexity index is 545. The number of amides is 1. The summed E-state index contributed by atoms with van der Waals surface area (Å²) in [5.74, 6) is -0.301. The van der Waals surface area contributed by atoms with Gasteiger partial charge in [-0.3, -0.25) is 4.79 Å². The van der Waals surface area contributed by atoms with Crippen LogP contribution < -0.4 is 5.32 Å². The zero-order valence-corrected chi connectivity index (χ0v) is 11.9. The minimum Gasteiger partial charge on any atom is -0.375 e. The van der Waals surface area contributed by atoms with Gasteiger partial charge < -0.3 is 10.1 Å². The van der Waals surface area contributed by atoms with Crippen LogP contribution in [0, 0.1) is 13.8 Å². The van der Waals surface area contributed by atoms with Crippen LogP contribution in [0.15, 0.2) is 17.0 Å². The molecule has 1 aromatic rings. The number of rotatable bonds is 4. The maximum absolute atomic E-state index is 11.4. The molecule has 5 nitrogen and oxygen atoms in total. The van der Waals surface area contributed by atoms with Gasteiger partial charge in [0.1, 0.15) is 6.61 Å². The van der Waals surface area contributed by atoms with E-state index in [1.807, 2.05) is 0 Å². The molecule has 1 amide bonds. The molecule has 0 unspecified atom stereocenters. The van der Waals surface area contributed by atoms with Crippen LogP contribution >= 0.6 is 10.7 Å². The number of methoxy groups -OCH3 is 1. The summed E-state index contributed by atoms with van der Waals surface area (Å²) in [5.41, 5.74) is 1.82. The minimum atomic E-state index is -3.77. The first-order valence-corrected chi connectivity index (χ1v) is 7.41. The van der Waals surface area contributed by atoms with Gasteiger partial charge >= 0.3 is 0 Å². The van der Waals surface area contributed by atoms with E-state index in [1.165, 1.54) is 19.2 Å². The third-order valence-electron chi connectivity index (χ3n) is 2.33. The van der Waals surface area contributed by atoms with Gasteiger partial charge in [0, 0.05) is 23.5 Å². The molecule has 0 aliphatic carbocycles. The fourth-order valence-corrected chi connectivity index (χ4v) is 2.47. The van der Waals surface area contributed by atoms with Crippen LogP contribution in [-0.2, 0) is 18.6 Å². The van der Waals surface area contributed by atoms with Crippen molar-refractivity contribution in [2.45, 2.75) is 18.7 Å². The average Bonchev–Trinajstić information content (AvgIpc) is 2.22. The number of halogens is 1. The summed E-state index contributed by atoms with van der Waals surface area (Å²) in [6.07, 6.45) is 0. The maximum atomic E-state index is 11.4. The fraction of sp³-hybridized carbons (Fsp3) is 0.364. The second-order valence-corrected chi connectivity index (χ2v) is 6.42. The Morgan fingerprint density at radius 3 is 2.22 bits per heavy atom. The minimum absolute atomic E-state index is 0.0175. The monoisotopic (exact) mass is 291 g/mol. The van der Waals surface area contributed by atoms with E-state index in [4.69, 9.17) is 15.4 Å². The summed E-state index contributed by atoms with van der Waals surface area (Å²) in [7, 11) is 2.93. The standard InChI is InChI=1S/C11H14ClNO4S/c1-7-4-9(18(12,15)16)5-8(2)11(7)13-10(14)6-17-3/h4-5H,6H2,1-3H3,(H,13,14). The summed E-state index contributed by atoms with van der Waals surface area (Å²) in [4.78, 5) is 11.4. The molecular formula is C11H14ClNO4S. The van der Waals surface area contributed by atoms with Gasteiger partial charge in [-0.05, 0) is 37.1 Å². The van der Waals surface area contributed by atoms with E-state index in [-0.39, 0.29) is 17.4 Å². The smallest absolute Gasteiger partial charge is 0.261 e. The van der Waals surface area contributed by atoms with Gasteiger partial charge in [0.05, 0.1) is 4.90 Å². The third-order valence-corrected chi connectivity index (χ3v) is 3.66. The summed E-state index contributed by atoms with van der Waals surface area (Å²) in [5, 5.41) is 2.66. The molecule has 0 spiro atoms. The first-order chi connectivity index (χ1) is 8.25. The van der Waals surface area contributed by atoms with Crippen molar-refractivity contribution in [1.29, 1.82) is 0 Å². The lowest BCUT2D eigenvalue weighted by Gasteiger charge is -2.12. The topological polar surface area (TPSA) is 72.5 Å². The van der Waals surface area contributed by atoms with Crippen molar-refractivity contribution in [3.63, 3.8) is 0 Å². The third kappa shape index (κ3) is 3.69. The Labute approximate surface area is 111 Å². The van der Waals surface area contributed by atoms with E-state index >= 15 is 0 Å². The SMILES string of the molecule is COCC(=O)Nc1c(C)cc(S(=O)(=O)Cl)cc1C. The van der Waals surface area contributed by atoms with E-state index in [0.29, 0.717) is 16.8 Å². The number of benzene rings is 1. The average molecular weight is 292 g/mol. The van der Waals surface area contributed by atoms with Gasteiger partial charge in [0.2, 0.25) is 5.91 Å². The lowest BCUT2D eigenvalue weighted by Crippen LogP contribution is -2.18. The highest BCUT2D eigenvalue weighted by molar-refractivity contribution is 8.13. The lowest BCUT2D eigenvalue weighted by molar-refractivity contribution is -0.119. The van der Waals surface area contributed by atoms with Crippen molar-refractivity contribution in [3.8, 4) is 0 Å². The number of carbonyl (C=O) groups excluding carboxylic acids is 1. The van der Waals surface area contributed by atoms with E-state index in [1.54, 1.807) is 13.8 Å². The lowest BCUT2D eigenvalue weighted by atomic mass is 10.1. The normalized spacial score (nSPS) is 11.3. The molecule has 0 radical (unpaired) electrons. The van der Waals surface area contributed by atoms with E-state index in [2.05, 4.69) is 5.32 Å². The predicted octanol–water partition coefficient (Wildman–Crippen LogP) is 1.82. The largest absolute Gasteiger partial charge is 0.375 e. The summed E-state index contributed by atoms with van der Waals surface area (Å²) in [6, 6.07) is 2.83. The van der Waals surface area contributed by atoms with Crippen molar-refractivity contribution < 1.29 is 17.9 Å². The molecule has 0 bridgehead atoms. The number of hydrogen-bond acceptors (Lipinski definition) is 4. The van der Waals surface area contributed by atoms with Crippen LogP contribution in [-0.4, -0.2) is 28.0 Å². The van der Waals surface area contributed by atoms with Gasteiger partial charge in [-0.1, -0.05) is 0 Å². The van der Waals surface area contributed by atoms with Crippen LogP contribution in [0.1, 0.15) is 11.1 Å². The first kappa shape index (κ1) is 14.9. The zero-order valence-electron chi connectivity index (χ0n) is 10.3. The highest BCUT2D eigenvalue weighted by atomic mass is 35.7. The number of nitrogens with one attached hydrogen (secondary N) is 1. The van der Waals surface area contributed by atoms with Crippen molar-refractivity contribution >= 4 is 31.3 Å². The molecule has 1 aromatic carbocycles. The number of carbonyl (C=O) groups is 1. The van der Waals surface area contributed by atoms with Crippen LogP contribution in [0.3, 0.4) is 0 Å². The Balaban J connectivity index is 3.13.